The summed E-state index contributed by atoms with van der Waals surface area (Å²) in [6, 6.07) is 13.6. The summed E-state index contributed by atoms with van der Waals surface area (Å²) in [5, 5.41) is 6.99. The van der Waals surface area contributed by atoms with Crippen LogP contribution in [-0.4, -0.2) is 32.0 Å². The fourth-order valence-corrected chi connectivity index (χ4v) is 2.94. The number of aromatic nitrogens is 4. The first-order valence-electron chi connectivity index (χ1n) is 8.97. The van der Waals surface area contributed by atoms with Gasteiger partial charge in [0.1, 0.15) is 12.1 Å². The molecule has 0 saturated heterocycles. The van der Waals surface area contributed by atoms with Crippen molar-refractivity contribution in [3.8, 4) is 11.1 Å². The Morgan fingerprint density at radius 1 is 1.00 bits per heavy atom. The summed E-state index contributed by atoms with van der Waals surface area (Å²) in [6.07, 6.45) is 6.72. The molecule has 2 aromatic carbocycles. The van der Waals surface area contributed by atoms with Crippen molar-refractivity contribution in [1.82, 2.24) is 24.9 Å². The fourth-order valence-electron chi connectivity index (χ4n) is 2.94. The van der Waals surface area contributed by atoms with Crippen LogP contribution in [0.4, 0.5) is 4.39 Å². The maximum absolute atomic E-state index is 13.0. The van der Waals surface area contributed by atoms with E-state index in [0.29, 0.717) is 17.9 Å². The number of nitrogens with one attached hydrogen (secondary N) is 1. The van der Waals surface area contributed by atoms with Crippen molar-refractivity contribution < 1.29 is 9.18 Å². The summed E-state index contributed by atoms with van der Waals surface area (Å²) in [4.78, 5) is 20.5. The quantitative estimate of drug-likeness (QED) is 0.525. The van der Waals surface area contributed by atoms with E-state index in [1.165, 1.54) is 18.5 Å². The smallest absolute Gasteiger partial charge is 0.252 e. The van der Waals surface area contributed by atoms with E-state index in [4.69, 9.17) is 0 Å². The summed E-state index contributed by atoms with van der Waals surface area (Å²) in [7, 11) is 0. The number of benzene rings is 2. The highest BCUT2D eigenvalue weighted by molar-refractivity contribution is 5.94. The van der Waals surface area contributed by atoms with Gasteiger partial charge in [0.15, 0.2) is 0 Å². The molecule has 0 unspecified atom stereocenters. The largest absolute Gasteiger partial charge is 0.352 e. The number of carbonyl (C=O) groups excluding carboxylic acids is 1. The Labute approximate surface area is 161 Å². The van der Waals surface area contributed by atoms with Gasteiger partial charge in [0.2, 0.25) is 0 Å². The van der Waals surface area contributed by atoms with Crippen molar-refractivity contribution in [2.45, 2.75) is 12.8 Å². The Bertz CT molecular complexity index is 1090. The van der Waals surface area contributed by atoms with Crippen LogP contribution < -0.4 is 5.32 Å². The van der Waals surface area contributed by atoms with Gasteiger partial charge in [0.05, 0.1) is 0 Å². The maximum Gasteiger partial charge on any atom is 0.252 e. The van der Waals surface area contributed by atoms with Crippen LogP contribution in [0.15, 0.2) is 67.3 Å². The van der Waals surface area contributed by atoms with Crippen molar-refractivity contribution in [3.05, 3.63) is 84.2 Å². The Morgan fingerprint density at radius 2 is 1.71 bits per heavy atom. The zero-order valence-electron chi connectivity index (χ0n) is 15.0. The Hall–Kier alpha value is -3.61. The lowest BCUT2D eigenvalue weighted by Gasteiger charge is -2.07. The molecule has 2 heterocycles. The molecule has 140 valence electrons. The van der Waals surface area contributed by atoms with Gasteiger partial charge in [-0.25, -0.2) is 13.9 Å². The van der Waals surface area contributed by atoms with Gasteiger partial charge in [-0.3, -0.25) is 4.79 Å². The zero-order chi connectivity index (χ0) is 19.3. The molecule has 0 aliphatic carbocycles. The Morgan fingerprint density at radius 3 is 2.46 bits per heavy atom. The van der Waals surface area contributed by atoms with Gasteiger partial charge >= 0.3 is 0 Å². The third-order valence-corrected chi connectivity index (χ3v) is 4.44. The molecule has 0 atom stereocenters. The lowest BCUT2D eigenvalue weighted by Crippen LogP contribution is -2.24. The average molecular weight is 375 g/mol. The van der Waals surface area contributed by atoms with E-state index in [0.717, 1.165) is 29.5 Å². The molecule has 0 radical (unpaired) electrons. The number of hydrogen-bond acceptors (Lipinski definition) is 4. The number of fused-ring (bicyclic) bond motifs is 1. The third kappa shape index (κ3) is 4.03. The molecule has 2 aromatic heterocycles. The van der Waals surface area contributed by atoms with Gasteiger partial charge in [0, 0.05) is 24.5 Å². The van der Waals surface area contributed by atoms with Gasteiger partial charge in [-0.15, -0.1) is 0 Å². The monoisotopic (exact) mass is 375 g/mol. The van der Waals surface area contributed by atoms with E-state index in [-0.39, 0.29) is 11.7 Å². The van der Waals surface area contributed by atoms with Crippen molar-refractivity contribution in [3.63, 3.8) is 0 Å². The van der Waals surface area contributed by atoms with E-state index in [1.54, 1.807) is 35.0 Å². The SMILES string of the molecule is O=C(NCCCc1cnc2ncnn2c1)c1ccc(-c2ccc(F)cc2)cc1. The number of nitrogens with zero attached hydrogens (tertiary/aromatic N) is 4. The van der Waals surface area contributed by atoms with Crippen LogP contribution in [0.5, 0.6) is 0 Å². The van der Waals surface area contributed by atoms with Gasteiger partial charge in [-0.05, 0) is 53.8 Å². The highest BCUT2D eigenvalue weighted by atomic mass is 19.1. The molecule has 0 aliphatic rings. The Kier molecular flexibility index (Phi) is 5.05. The minimum atomic E-state index is -0.267. The van der Waals surface area contributed by atoms with Crippen LogP contribution in [0, 0.1) is 5.82 Å². The number of halogens is 1. The standard InChI is InChI=1S/C21H18FN5O/c22-19-9-7-17(8-10-19)16-3-5-18(6-4-16)20(28)23-11-1-2-15-12-24-21-25-14-26-27(21)13-15/h3-10,12-14H,1-2,11H2,(H,23,28). The van der Waals surface area contributed by atoms with Crippen LogP contribution in [0.1, 0.15) is 22.3 Å². The van der Waals surface area contributed by atoms with E-state index in [9.17, 15) is 9.18 Å². The molecule has 1 amide bonds. The van der Waals surface area contributed by atoms with E-state index >= 15 is 0 Å². The number of rotatable bonds is 6. The first kappa shape index (κ1) is 17.8. The highest BCUT2D eigenvalue weighted by Gasteiger charge is 2.06. The fraction of sp³-hybridized carbons (Fsp3) is 0.143. The molecular weight excluding hydrogens is 357 g/mol. The zero-order valence-corrected chi connectivity index (χ0v) is 15.0. The second kappa shape index (κ2) is 7.96. The van der Waals surface area contributed by atoms with Crippen LogP contribution in [0.3, 0.4) is 0 Å². The normalized spacial score (nSPS) is 10.9. The summed E-state index contributed by atoms with van der Waals surface area (Å²) >= 11 is 0. The molecule has 0 saturated carbocycles. The highest BCUT2D eigenvalue weighted by Crippen LogP contribution is 2.20. The second-order valence-electron chi connectivity index (χ2n) is 6.41. The van der Waals surface area contributed by atoms with Crippen molar-refractivity contribution in [2.75, 3.05) is 6.54 Å². The molecule has 1 N–H and O–H groups in total. The van der Waals surface area contributed by atoms with Crippen LogP contribution >= 0.6 is 0 Å². The number of carbonyl (C=O) groups is 1. The first-order valence-corrected chi connectivity index (χ1v) is 8.97. The van der Waals surface area contributed by atoms with E-state index in [2.05, 4.69) is 20.4 Å². The predicted octanol–water partition coefficient (Wildman–Crippen LogP) is 3.29. The van der Waals surface area contributed by atoms with E-state index < -0.39 is 0 Å². The van der Waals surface area contributed by atoms with Crippen molar-refractivity contribution in [2.24, 2.45) is 0 Å². The van der Waals surface area contributed by atoms with Gasteiger partial charge in [-0.2, -0.15) is 10.1 Å². The van der Waals surface area contributed by atoms with Crippen LogP contribution in [0.2, 0.25) is 0 Å². The van der Waals surface area contributed by atoms with Gasteiger partial charge < -0.3 is 5.32 Å². The number of aryl methyl sites for hydroxylation is 1. The molecule has 6 nitrogen and oxygen atoms in total. The lowest BCUT2D eigenvalue weighted by molar-refractivity contribution is 0.0953. The van der Waals surface area contributed by atoms with Crippen LogP contribution in [0.25, 0.3) is 16.9 Å². The molecule has 0 aliphatic heterocycles. The molecule has 28 heavy (non-hydrogen) atoms. The molecule has 0 spiro atoms. The minimum Gasteiger partial charge on any atom is -0.352 e. The first-order chi connectivity index (χ1) is 13.7. The summed E-state index contributed by atoms with van der Waals surface area (Å²) in [6.45, 7) is 0.563. The van der Waals surface area contributed by atoms with Crippen LogP contribution in [-0.2, 0) is 6.42 Å². The third-order valence-electron chi connectivity index (χ3n) is 4.44. The van der Waals surface area contributed by atoms with E-state index in [1.807, 2.05) is 18.3 Å². The number of amides is 1. The molecule has 0 fully saturated rings. The predicted molar refractivity (Wildman–Crippen MR) is 103 cm³/mol. The molecular formula is C21H18FN5O. The van der Waals surface area contributed by atoms with Gasteiger partial charge in [0.25, 0.3) is 11.7 Å². The average Bonchev–Trinajstić information content (AvgIpc) is 3.20. The lowest BCUT2D eigenvalue weighted by atomic mass is 10.0. The summed E-state index contributed by atoms with van der Waals surface area (Å²) in [5.74, 6) is 0.188. The minimum absolute atomic E-state index is 0.115. The second-order valence-corrected chi connectivity index (χ2v) is 6.41. The Balaban J connectivity index is 1.29. The molecule has 4 aromatic rings. The topological polar surface area (TPSA) is 72.2 Å². The summed E-state index contributed by atoms with van der Waals surface area (Å²) < 4.78 is 14.7. The molecule has 7 heteroatoms. The molecule has 4 rings (SSSR count). The number of hydrogen-bond donors (Lipinski definition) is 1. The van der Waals surface area contributed by atoms with Crippen molar-refractivity contribution >= 4 is 11.7 Å². The van der Waals surface area contributed by atoms with Crippen molar-refractivity contribution in [1.29, 1.82) is 0 Å². The maximum atomic E-state index is 13.0. The van der Waals surface area contributed by atoms with Gasteiger partial charge in [-0.1, -0.05) is 24.3 Å². The molecule has 0 bridgehead atoms. The summed E-state index contributed by atoms with van der Waals surface area (Å²) in [5.41, 5.74) is 3.48.